The Bertz CT molecular complexity index is 824. The topological polar surface area (TPSA) is 47.1 Å². The van der Waals surface area contributed by atoms with Gasteiger partial charge in [0.05, 0.1) is 11.5 Å². The second-order valence-electron chi connectivity index (χ2n) is 9.41. The molecule has 3 aliphatic rings. The largest absolute Gasteiger partial charge is 0.416 e. The molecule has 1 aromatic rings. The molecule has 3 aliphatic heterocycles. The van der Waals surface area contributed by atoms with Crippen molar-refractivity contribution in [1.29, 1.82) is 0 Å². The van der Waals surface area contributed by atoms with E-state index in [1.807, 2.05) is 14.7 Å². The maximum absolute atomic E-state index is 13.2. The average molecular weight is 467 g/mol. The molecular weight excluding hydrogens is 433 g/mol. The van der Waals surface area contributed by atoms with Crippen LogP contribution in [0.1, 0.15) is 43.2 Å². The van der Waals surface area contributed by atoms with Crippen molar-refractivity contribution in [2.24, 2.45) is 5.92 Å². The quantitative estimate of drug-likeness (QED) is 0.683. The van der Waals surface area contributed by atoms with Gasteiger partial charge in [0.2, 0.25) is 5.91 Å². The zero-order valence-corrected chi connectivity index (χ0v) is 19.0. The Balaban J connectivity index is 1.29. The van der Waals surface area contributed by atoms with Gasteiger partial charge in [-0.2, -0.15) is 13.2 Å². The van der Waals surface area contributed by atoms with Crippen LogP contribution >= 0.6 is 0 Å². The fraction of sp³-hybridized carbons (Fsp3) is 0.667. The minimum Gasteiger partial charge on any atom is -0.341 e. The van der Waals surface area contributed by atoms with Gasteiger partial charge < -0.3 is 14.7 Å². The summed E-state index contributed by atoms with van der Waals surface area (Å²) < 4.78 is 38.3. The van der Waals surface area contributed by atoms with Gasteiger partial charge in [-0.15, -0.1) is 0 Å². The Morgan fingerprint density at radius 3 is 2.15 bits per heavy atom. The molecule has 0 N–H and O–H groups in total. The van der Waals surface area contributed by atoms with Gasteiger partial charge in [0.25, 0.3) is 0 Å². The number of carbonyl (C=O) groups is 2. The molecule has 0 aromatic heterocycles. The van der Waals surface area contributed by atoms with Gasteiger partial charge in [-0.25, -0.2) is 4.79 Å². The van der Waals surface area contributed by atoms with Gasteiger partial charge >= 0.3 is 12.2 Å². The molecule has 0 saturated carbocycles. The molecule has 3 saturated heterocycles. The molecule has 4 rings (SSSR count). The highest BCUT2D eigenvalue weighted by Crippen LogP contribution is 2.29. The molecule has 6 nitrogen and oxygen atoms in total. The van der Waals surface area contributed by atoms with Crippen LogP contribution in [-0.4, -0.2) is 83.9 Å². The predicted molar refractivity (Wildman–Crippen MR) is 118 cm³/mol. The molecule has 9 heteroatoms. The van der Waals surface area contributed by atoms with Crippen molar-refractivity contribution in [2.75, 3.05) is 52.4 Å². The van der Waals surface area contributed by atoms with Gasteiger partial charge in [-0.3, -0.25) is 9.69 Å². The maximum Gasteiger partial charge on any atom is 0.416 e. The number of piperidine rings is 1. The van der Waals surface area contributed by atoms with Crippen LogP contribution < -0.4 is 0 Å². The third-order valence-corrected chi connectivity index (χ3v) is 7.01. The van der Waals surface area contributed by atoms with Crippen molar-refractivity contribution in [3.05, 3.63) is 35.4 Å². The lowest BCUT2D eigenvalue weighted by Gasteiger charge is -2.36. The number of hydrogen-bond donors (Lipinski definition) is 0. The fourth-order valence-electron chi connectivity index (χ4n) is 5.13. The highest BCUT2D eigenvalue weighted by molar-refractivity contribution is 5.81. The van der Waals surface area contributed by atoms with Gasteiger partial charge in [0, 0.05) is 58.9 Å². The zero-order valence-electron chi connectivity index (χ0n) is 19.0. The summed E-state index contributed by atoms with van der Waals surface area (Å²) in [5.74, 6) is -0.0166. The number of carbonyl (C=O) groups excluding carboxylic acids is 2. The number of rotatable bonds is 3. The summed E-state index contributed by atoms with van der Waals surface area (Å²) >= 11 is 0. The van der Waals surface area contributed by atoms with E-state index < -0.39 is 11.7 Å². The number of benzene rings is 1. The number of hydrogen-bond acceptors (Lipinski definition) is 3. The van der Waals surface area contributed by atoms with Crippen LogP contribution in [0.25, 0.3) is 0 Å². The normalized spacial score (nSPS) is 23.0. The summed E-state index contributed by atoms with van der Waals surface area (Å²) in [5.41, 5.74) is 0.203. The number of nitrogens with zero attached hydrogens (tertiary/aromatic N) is 4. The third-order valence-electron chi connectivity index (χ3n) is 7.01. The van der Waals surface area contributed by atoms with E-state index >= 15 is 0 Å². The molecule has 1 aromatic carbocycles. The van der Waals surface area contributed by atoms with Gasteiger partial charge in [0.1, 0.15) is 0 Å². The van der Waals surface area contributed by atoms with Crippen LogP contribution in [0, 0.1) is 5.92 Å². The SMILES string of the molecule is O=C(C1CCCN(C(=O)N2CCCC2)C1)N1CCCN(Cc2ccc(C(F)(F)F)cc2)CC1. The number of urea groups is 1. The maximum atomic E-state index is 13.2. The number of halogens is 3. The van der Waals surface area contributed by atoms with Crippen molar-refractivity contribution >= 4 is 11.9 Å². The smallest absolute Gasteiger partial charge is 0.341 e. The lowest BCUT2D eigenvalue weighted by Crippen LogP contribution is -2.50. The fourth-order valence-corrected chi connectivity index (χ4v) is 5.13. The summed E-state index contributed by atoms with van der Waals surface area (Å²) in [7, 11) is 0. The Hall–Kier alpha value is -2.29. The molecule has 1 atom stereocenters. The first-order valence-electron chi connectivity index (χ1n) is 12.0. The van der Waals surface area contributed by atoms with E-state index in [1.54, 1.807) is 0 Å². The minimum atomic E-state index is -4.32. The molecular formula is C24H33F3N4O2. The lowest BCUT2D eigenvalue weighted by atomic mass is 9.96. The molecule has 3 heterocycles. The number of likely N-dealkylation sites (tertiary alicyclic amines) is 2. The number of amides is 3. The van der Waals surface area contributed by atoms with Crippen molar-refractivity contribution < 1.29 is 22.8 Å². The summed E-state index contributed by atoms with van der Waals surface area (Å²) in [5, 5.41) is 0. The molecule has 0 radical (unpaired) electrons. The van der Waals surface area contributed by atoms with Crippen LogP contribution in [0.15, 0.2) is 24.3 Å². The summed E-state index contributed by atoms with van der Waals surface area (Å²) in [6.07, 6.45) is 0.279. The Kier molecular flexibility index (Phi) is 7.46. The summed E-state index contributed by atoms with van der Waals surface area (Å²) in [6, 6.07) is 5.39. The van der Waals surface area contributed by atoms with Crippen LogP contribution in [0.4, 0.5) is 18.0 Å². The van der Waals surface area contributed by atoms with Crippen molar-refractivity contribution in [1.82, 2.24) is 19.6 Å². The van der Waals surface area contributed by atoms with Gasteiger partial charge in [-0.05, 0) is 49.8 Å². The highest BCUT2D eigenvalue weighted by atomic mass is 19.4. The van der Waals surface area contributed by atoms with Crippen LogP contribution in [0.5, 0.6) is 0 Å². The molecule has 3 fully saturated rings. The van der Waals surface area contributed by atoms with E-state index in [2.05, 4.69) is 4.90 Å². The van der Waals surface area contributed by atoms with E-state index in [0.29, 0.717) is 32.7 Å². The van der Waals surface area contributed by atoms with Gasteiger partial charge in [0.15, 0.2) is 0 Å². The van der Waals surface area contributed by atoms with Crippen molar-refractivity contribution in [3.63, 3.8) is 0 Å². The Labute approximate surface area is 193 Å². The summed E-state index contributed by atoms with van der Waals surface area (Å²) in [4.78, 5) is 33.9. The van der Waals surface area contributed by atoms with E-state index in [4.69, 9.17) is 0 Å². The molecule has 33 heavy (non-hydrogen) atoms. The standard InChI is InChI=1S/C24H33F3N4O2/c25-24(26,27)21-8-6-19(7-9-21)17-28-10-4-14-29(16-15-28)22(32)20-5-3-13-31(18-20)23(33)30-11-1-2-12-30/h6-9,20H,1-5,10-18H2. The molecule has 182 valence electrons. The average Bonchev–Trinajstić information content (AvgIpc) is 3.25. The van der Waals surface area contributed by atoms with E-state index in [0.717, 1.165) is 76.0 Å². The Morgan fingerprint density at radius 2 is 1.45 bits per heavy atom. The highest BCUT2D eigenvalue weighted by Gasteiger charge is 2.34. The molecule has 0 spiro atoms. The zero-order chi connectivity index (χ0) is 23.4. The lowest BCUT2D eigenvalue weighted by molar-refractivity contribution is -0.138. The first-order valence-corrected chi connectivity index (χ1v) is 12.0. The van der Waals surface area contributed by atoms with Crippen LogP contribution in [-0.2, 0) is 17.5 Å². The van der Waals surface area contributed by atoms with E-state index in [-0.39, 0.29) is 17.9 Å². The van der Waals surface area contributed by atoms with Crippen LogP contribution in [0.2, 0.25) is 0 Å². The van der Waals surface area contributed by atoms with Crippen molar-refractivity contribution in [2.45, 2.75) is 44.8 Å². The first kappa shape index (κ1) is 23.9. The summed E-state index contributed by atoms with van der Waals surface area (Å²) in [6.45, 7) is 6.20. The molecule has 0 aliphatic carbocycles. The monoisotopic (exact) mass is 466 g/mol. The van der Waals surface area contributed by atoms with Crippen LogP contribution in [0.3, 0.4) is 0 Å². The molecule has 3 amide bonds. The van der Waals surface area contributed by atoms with Crippen molar-refractivity contribution in [3.8, 4) is 0 Å². The number of alkyl halides is 3. The molecule has 0 bridgehead atoms. The Morgan fingerprint density at radius 1 is 0.788 bits per heavy atom. The van der Waals surface area contributed by atoms with E-state index in [9.17, 15) is 22.8 Å². The minimum absolute atomic E-state index is 0.0728. The van der Waals surface area contributed by atoms with Gasteiger partial charge in [-0.1, -0.05) is 12.1 Å². The molecule has 1 unspecified atom stereocenters. The third kappa shape index (κ3) is 5.99. The predicted octanol–water partition coefficient (Wildman–Crippen LogP) is 3.67. The van der Waals surface area contributed by atoms with E-state index in [1.165, 1.54) is 12.1 Å². The second kappa shape index (κ2) is 10.3. The first-order chi connectivity index (χ1) is 15.8. The second-order valence-corrected chi connectivity index (χ2v) is 9.41.